The number of halogens is 3. The van der Waals surface area contributed by atoms with Crippen LogP contribution in [0.2, 0.25) is 0 Å². The van der Waals surface area contributed by atoms with Crippen LogP contribution in [0.3, 0.4) is 0 Å². The molecule has 0 saturated carbocycles. The van der Waals surface area contributed by atoms with Crippen LogP contribution in [-0.4, -0.2) is 22.8 Å². The molecule has 1 N–H and O–H groups in total. The first-order valence-electron chi connectivity index (χ1n) is 9.04. The van der Waals surface area contributed by atoms with Crippen molar-refractivity contribution in [3.05, 3.63) is 71.2 Å². The van der Waals surface area contributed by atoms with Gasteiger partial charge in [-0.05, 0) is 43.2 Å². The topological polar surface area (TPSA) is 45.9 Å². The predicted molar refractivity (Wildman–Crippen MR) is 108 cm³/mol. The number of nitrogens with zero attached hydrogens (tertiary/aromatic N) is 2. The average molecular weight is 418 g/mol. The molecule has 0 aliphatic carbocycles. The Morgan fingerprint density at radius 1 is 1.24 bits per heavy atom. The van der Waals surface area contributed by atoms with Crippen molar-refractivity contribution >= 4 is 34.4 Å². The minimum Gasteiger partial charge on any atom is -0.351 e. The molecule has 2 aromatic heterocycles. The summed E-state index contributed by atoms with van der Waals surface area (Å²) >= 11 is 5.06. The number of pyridine rings is 2. The van der Waals surface area contributed by atoms with Gasteiger partial charge in [-0.2, -0.15) is 17.7 Å². The Kier molecular flexibility index (Phi) is 6.22. The Labute approximate surface area is 171 Å². The lowest BCUT2D eigenvalue weighted by molar-refractivity contribution is -0.667. The number of carbonyl (C=O) groups is 1. The van der Waals surface area contributed by atoms with Crippen LogP contribution in [0, 0.1) is 0 Å². The lowest BCUT2D eigenvalue weighted by atomic mass is 10.0. The van der Waals surface area contributed by atoms with Gasteiger partial charge in [0.05, 0.1) is 10.9 Å². The number of hydrogen-bond acceptors (Lipinski definition) is 3. The van der Waals surface area contributed by atoms with E-state index in [9.17, 15) is 18.0 Å². The molecule has 0 saturated heterocycles. The molecule has 0 radical (unpaired) electrons. The summed E-state index contributed by atoms with van der Waals surface area (Å²) in [7, 11) is 0. The summed E-state index contributed by atoms with van der Waals surface area (Å²) in [6, 6.07) is 7.21. The van der Waals surface area contributed by atoms with E-state index < -0.39 is 11.7 Å². The molecule has 0 fully saturated rings. The predicted octanol–water partition coefficient (Wildman–Crippen LogP) is 3.88. The largest absolute Gasteiger partial charge is 0.416 e. The second kappa shape index (κ2) is 8.65. The number of aromatic nitrogens is 2. The molecule has 4 nitrogen and oxygen atoms in total. The normalized spacial score (nSPS) is 11.4. The molecule has 0 aliphatic rings. The number of nitrogens with one attached hydrogen (secondary N) is 1. The smallest absolute Gasteiger partial charge is 0.351 e. The number of carbonyl (C=O) groups excluding carboxylic acids is 1. The Morgan fingerprint density at radius 2 is 1.97 bits per heavy atom. The molecule has 0 spiro atoms. The molecule has 150 valence electrons. The second-order valence-corrected chi connectivity index (χ2v) is 6.69. The van der Waals surface area contributed by atoms with Crippen LogP contribution >= 0.6 is 12.2 Å². The van der Waals surface area contributed by atoms with E-state index in [0.29, 0.717) is 36.0 Å². The molecule has 1 amide bonds. The number of benzene rings is 1. The van der Waals surface area contributed by atoms with Gasteiger partial charge in [0.25, 0.3) is 5.91 Å². The zero-order valence-electron chi connectivity index (χ0n) is 15.7. The first-order chi connectivity index (χ1) is 13.8. The Balaban J connectivity index is 1.97. The van der Waals surface area contributed by atoms with Gasteiger partial charge in [-0.1, -0.05) is 12.2 Å². The first-order valence-corrected chi connectivity index (χ1v) is 9.52. The molecule has 8 heteroatoms. The van der Waals surface area contributed by atoms with Gasteiger partial charge in [-0.15, -0.1) is 0 Å². The molecule has 3 aromatic rings. The summed E-state index contributed by atoms with van der Waals surface area (Å²) < 4.78 is 41.3. The molecular formula is C21H19F3N3OS+. The monoisotopic (exact) mass is 418 g/mol. The highest BCUT2D eigenvalue weighted by Crippen LogP contribution is 2.32. The fraction of sp³-hybridized carbons (Fsp3) is 0.238. The maximum atomic E-state index is 13.2. The zero-order chi connectivity index (χ0) is 21.0. The second-order valence-electron chi connectivity index (χ2n) is 6.45. The fourth-order valence-corrected chi connectivity index (χ4v) is 3.41. The third-order valence-electron chi connectivity index (χ3n) is 4.65. The molecule has 0 unspecified atom stereocenters. The molecule has 29 heavy (non-hydrogen) atoms. The van der Waals surface area contributed by atoms with Crippen LogP contribution in [0.25, 0.3) is 10.9 Å². The standard InChI is InChI=1S/C21H18F3N3OS/c1-2-27-12-17(20(28)26-10-7-14-5-8-25-9-6-14)18(13-29)16-11-15(21(22,23)24)3-4-19(16)27/h3-6,8-9,11-13H,2,7,10H2,1H3/p+1. The maximum Gasteiger partial charge on any atom is 0.416 e. The van der Waals surface area contributed by atoms with Gasteiger partial charge >= 0.3 is 6.18 Å². The SMILES string of the molecule is CC[n+]1cc(C(=O)NCCc2ccncc2)c(C=S)c2cc(C(F)(F)F)ccc21. The van der Waals surface area contributed by atoms with Crippen molar-refractivity contribution in [2.24, 2.45) is 0 Å². The van der Waals surface area contributed by atoms with Gasteiger partial charge in [-0.25, -0.2) is 0 Å². The maximum absolute atomic E-state index is 13.2. The van der Waals surface area contributed by atoms with Crippen molar-refractivity contribution < 1.29 is 22.5 Å². The minimum atomic E-state index is -4.48. The molecule has 3 rings (SSSR count). The molecule has 0 atom stereocenters. The summed E-state index contributed by atoms with van der Waals surface area (Å²) in [6.45, 7) is 2.74. The lowest BCUT2D eigenvalue weighted by Crippen LogP contribution is -2.37. The number of alkyl halides is 3. The Morgan fingerprint density at radius 3 is 2.59 bits per heavy atom. The van der Waals surface area contributed by atoms with E-state index in [2.05, 4.69) is 10.3 Å². The highest BCUT2D eigenvalue weighted by atomic mass is 32.1. The van der Waals surface area contributed by atoms with Gasteiger partial charge in [0, 0.05) is 35.9 Å². The van der Waals surface area contributed by atoms with E-state index in [1.165, 1.54) is 11.4 Å². The number of aryl methyl sites for hydroxylation is 1. The van der Waals surface area contributed by atoms with Gasteiger partial charge in [-0.3, -0.25) is 9.78 Å². The van der Waals surface area contributed by atoms with Crippen molar-refractivity contribution in [2.45, 2.75) is 26.1 Å². The van der Waals surface area contributed by atoms with E-state index in [1.807, 2.05) is 19.1 Å². The number of fused-ring (bicyclic) bond motifs is 1. The Bertz CT molecular complexity index is 1050. The summed E-state index contributed by atoms with van der Waals surface area (Å²) in [5, 5.41) is 4.39. The molecule has 1 aromatic carbocycles. The number of hydrogen-bond donors (Lipinski definition) is 1. The highest BCUT2D eigenvalue weighted by Gasteiger charge is 2.32. The average Bonchev–Trinajstić information content (AvgIpc) is 2.72. The molecule has 0 bridgehead atoms. The van der Waals surface area contributed by atoms with Crippen molar-refractivity contribution in [1.82, 2.24) is 10.3 Å². The fourth-order valence-electron chi connectivity index (χ4n) is 3.15. The van der Waals surface area contributed by atoms with Crippen LogP contribution in [0.15, 0.2) is 48.9 Å². The van der Waals surface area contributed by atoms with Gasteiger partial charge in [0.15, 0.2) is 6.20 Å². The first kappa shape index (κ1) is 20.9. The van der Waals surface area contributed by atoms with Gasteiger partial charge < -0.3 is 5.32 Å². The van der Waals surface area contributed by atoms with Crippen molar-refractivity contribution in [2.75, 3.05) is 6.54 Å². The number of rotatable bonds is 6. The summed E-state index contributed by atoms with van der Waals surface area (Å²) in [5.41, 5.74) is 1.40. The van der Waals surface area contributed by atoms with Gasteiger partial charge in [0.1, 0.15) is 12.1 Å². The lowest BCUT2D eigenvalue weighted by Gasteiger charge is -2.12. The van der Waals surface area contributed by atoms with Crippen LogP contribution in [0.4, 0.5) is 13.2 Å². The zero-order valence-corrected chi connectivity index (χ0v) is 16.5. The third kappa shape index (κ3) is 4.59. The van der Waals surface area contributed by atoms with Crippen LogP contribution in [-0.2, 0) is 19.1 Å². The minimum absolute atomic E-state index is 0.253. The highest BCUT2D eigenvalue weighted by molar-refractivity contribution is 7.79. The summed E-state index contributed by atoms with van der Waals surface area (Å²) in [4.78, 5) is 16.7. The van der Waals surface area contributed by atoms with E-state index in [-0.39, 0.29) is 11.5 Å². The summed E-state index contributed by atoms with van der Waals surface area (Å²) in [6.07, 6.45) is 1.11. The van der Waals surface area contributed by atoms with Crippen LogP contribution < -0.4 is 9.88 Å². The number of amides is 1. The quantitative estimate of drug-likeness (QED) is 0.488. The van der Waals surface area contributed by atoms with Crippen LogP contribution in [0.1, 0.15) is 34.0 Å². The van der Waals surface area contributed by atoms with E-state index >= 15 is 0 Å². The number of thiocarbonyl (C=S) groups is 1. The van der Waals surface area contributed by atoms with Crippen molar-refractivity contribution in [3.63, 3.8) is 0 Å². The Hall–Kier alpha value is -2.87. The van der Waals surface area contributed by atoms with Crippen LogP contribution in [0.5, 0.6) is 0 Å². The van der Waals surface area contributed by atoms with Crippen molar-refractivity contribution in [1.29, 1.82) is 0 Å². The summed E-state index contributed by atoms with van der Waals surface area (Å²) in [5.74, 6) is -0.378. The van der Waals surface area contributed by atoms with E-state index in [0.717, 1.165) is 17.7 Å². The molecule has 2 heterocycles. The molecular weight excluding hydrogens is 399 g/mol. The molecule has 0 aliphatic heterocycles. The van der Waals surface area contributed by atoms with Crippen molar-refractivity contribution in [3.8, 4) is 0 Å². The van der Waals surface area contributed by atoms with E-state index in [4.69, 9.17) is 12.2 Å². The van der Waals surface area contributed by atoms with E-state index in [1.54, 1.807) is 23.2 Å². The van der Waals surface area contributed by atoms with Gasteiger partial charge in [0.2, 0.25) is 5.52 Å². The third-order valence-corrected chi connectivity index (χ3v) is 4.89.